The van der Waals surface area contributed by atoms with Gasteiger partial charge in [0, 0.05) is 17.1 Å². The molecule has 3 nitrogen and oxygen atoms in total. The van der Waals surface area contributed by atoms with Gasteiger partial charge in [-0.1, -0.05) is 24.3 Å². The highest BCUT2D eigenvalue weighted by Gasteiger charge is 2.07. The highest BCUT2D eigenvalue weighted by Crippen LogP contribution is 2.15. The first kappa shape index (κ1) is 13.5. The minimum Gasteiger partial charge on any atom is -0.398 e. The molecule has 0 aliphatic carbocycles. The van der Waals surface area contributed by atoms with E-state index < -0.39 is 0 Å². The Morgan fingerprint density at radius 1 is 1.16 bits per heavy atom. The van der Waals surface area contributed by atoms with Crippen LogP contribution in [-0.2, 0) is 6.54 Å². The van der Waals surface area contributed by atoms with Crippen molar-refractivity contribution < 1.29 is 4.79 Å². The normalized spacial score (nSPS) is 10.2. The number of carbonyl (C=O) groups is 1. The first-order valence-electron chi connectivity index (χ1n) is 5.96. The van der Waals surface area contributed by atoms with Gasteiger partial charge in [0.1, 0.15) is 0 Å². The number of nitrogen functional groups attached to an aromatic ring is 1. The molecule has 0 aromatic heterocycles. The number of para-hydroxylation sites is 1. The zero-order valence-corrected chi connectivity index (χ0v) is 11.5. The lowest BCUT2D eigenvalue weighted by Crippen LogP contribution is -2.23. The summed E-state index contributed by atoms with van der Waals surface area (Å²) in [6.45, 7) is 0.502. The van der Waals surface area contributed by atoms with Crippen molar-refractivity contribution in [3.05, 3.63) is 59.7 Å². The Morgan fingerprint density at radius 3 is 2.47 bits per heavy atom. The number of hydrogen-bond donors (Lipinski definition) is 2. The van der Waals surface area contributed by atoms with E-state index in [4.69, 9.17) is 5.73 Å². The molecule has 2 aromatic rings. The number of rotatable bonds is 4. The van der Waals surface area contributed by atoms with Crippen LogP contribution in [0.15, 0.2) is 53.4 Å². The smallest absolute Gasteiger partial charge is 0.253 e. The molecule has 2 rings (SSSR count). The SMILES string of the molecule is CSc1ccc(CNC(=O)c2ccccc2N)cc1. The van der Waals surface area contributed by atoms with Crippen molar-refractivity contribution in [2.75, 3.05) is 12.0 Å². The number of nitrogens with one attached hydrogen (secondary N) is 1. The Hall–Kier alpha value is -1.94. The first-order chi connectivity index (χ1) is 9.20. The van der Waals surface area contributed by atoms with Crippen molar-refractivity contribution >= 4 is 23.4 Å². The summed E-state index contributed by atoms with van der Waals surface area (Å²) in [4.78, 5) is 13.2. The van der Waals surface area contributed by atoms with Gasteiger partial charge in [-0.2, -0.15) is 0 Å². The lowest BCUT2D eigenvalue weighted by atomic mass is 10.1. The Morgan fingerprint density at radius 2 is 1.84 bits per heavy atom. The molecule has 0 aliphatic rings. The monoisotopic (exact) mass is 272 g/mol. The van der Waals surface area contributed by atoms with Crippen LogP contribution in [0, 0.1) is 0 Å². The van der Waals surface area contributed by atoms with Crippen molar-refractivity contribution in [3.8, 4) is 0 Å². The average molecular weight is 272 g/mol. The van der Waals surface area contributed by atoms with Crippen molar-refractivity contribution in [1.82, 2.24) is 5.32 Å². The van der Waals surface area contributed by atoms with E-state index >= 15 is 0 Å². The molecule has 0 fully saturated rings. The van der Waals surface area contributed by atoms with Crippen LogP contribution in [0.3, 0.4) is 0 Å². The Kier molecular flexibility index (Phi) is 4.47. The van der Waals surface area contributed by atoms with E-state index in [0.29, 0.717) is 17.8 Å². The molecule has 0 heterocycles. The second-order valence-electron chi connectivity index (χ2n) is 4.12. The fourth-order valence-electron chi connectivity index (χ4n) is 1.72. The number of hydrogen-bond acceptors (Lipinski definition) is 3. The van der Waals surface area contributed by atoms with E-state index in [1.165, 1.54) is 4.90 Å². The molecule has 2 aromatic carbocycles. The molecule has 3 N–H and O–H groups in total. The molecule has 0 saturated heterocycles. The molecule has 0 aliphatic heterocycles. The molecule has 0 bridgehead atoms. The highest BCUT2D eigenvalue weighted by molar-refractivity contribution is 7.98. The number of benzene rings is 2. The minimum atomic E-state index is -0.146. The van der Waals surface area contributed by atoms with Gasteiger partial charge in [0.25, 0.3) is 5.91 Å². The number of anilines is 1. The lowest BCUT2D eigenvalue weighted by molar-refractivity contribution is 0.0952. The molecule has 0 radical (unpaired) electrons. The summed E-state index contributed by atoms with van der Waals surface area (Å²) in [5.74, 6) is -0.146. The molecule has 0 atom stereocenters. The molecular formula is C15H16N2OS. The molecule has 1 amide bonds. The van der Waals surface area contributed by atoms with Crippen LogP contribution in [0.5, 0.6) is 0 Å². The molecule has 0 unspecified atom stereocenters. The van der Waals surface area contributed by atoms with Crippen LogP contribution < -0.4 is 11.1 Å². The topological polar surface area (TPSA) is 55.1 Å². The van der Waals surface area contributed by atoms with E-state index in [-0.39, 0.29) is 5.91 Å². The van der Waals surface area contributed by atoms with Gasteiger partial charge < -0.3 is 11.1 Å². The molecular weight excluding hydrogens is 256 g/mol. The van der Waals surface area contributed by atoms with Gasteiger partial charge in [0.15, 0.2) is 0 Å². The molecule has 4 heteroatoms. The van der Waals surface area contributed by atoms with Crippen LogP contribution in [0.25, 0.3) is 0 Å². The van der Waals surface area contributed by atoms with E-state index in [2.05, 4.69) is 5.32 Å². The summed E-state index contributed by atoms with van der Waals surface area (Å²) in [5.41, 5.74) is 7.85. The summed E-state index contributed by atoms with van der Waals surface area (Å²) < 4.78 is 0. The minimum absolute atomic E-state index is 0.146. The molecule has 0 spiro atoms. The molecule has 19 heavy (non-hydrogen) atoms. The summed E-state index contributed by atoms with van der Waals surface area (Å²) >= 11 is 1.70. The highest BCUT2D eigenvalue weighted by atomic mass is 32.2. The molecule has 98 valence electrons. The number of amides is 1. The van der Waals surface area contributed by atoms with Gasteiger partial charge in [-0.25, -0.2) is 0 Å². The third kappa shape index (κ3) is 3.51. The standard InChI is InChI=1S/C15H16N2OS/c1-19-12-8-6-11(7-9-12)10-17-15(18)13-4-2-3-5-14(13)16/h2-9H,10,16H2,1H3,(H,17,18). The van der Waals surface area contributed by atoms with Gasteiger partial charge in [-0.05, 0) is 36.1 Å². The maximum atomic E-state index is 12.0. The van der Waals surface area contributed by atoms with Gasteiger partial charge in [0.2, 0.25) is 0 Å². The number of carbonyl (C=O) groups excluding carboxylic acids is 1. The first-order valence-corrected chi connectivity index (χ1v) is 7.19. The van der Waals surface area contributed by atoms with Gasteiger partial charge >= 0.3 is 0 Å². The van der Waals surface area contributed by atoms with Crippen LogP contribution in [0.1, 0.15) is 15.9 Å². The van der Waals surface area contributed by atoms with Crippen molar-refractivity contribution in [2.45, 2.75) is 11.4 Å². The maximum Gasteiger partial charge on any atom is 0.253 e. The van der Waals surface area contributed by atoms with Crippen LogP contribution >= 0.6 is 11.8 Å². The summed E-state index contributed by atoms with van der Waals surface area (Å²) in [6, 6.07) is 15.2. The molecule has 0 saturated carbocycles. The second-order valence-corrected chi connectivity index (χ2v) is 5.00. The van der Waals surface area contributed by atoms with Crippen LogP contribution in [0.4, 0.5) is 5.69 Å². The largest absolute Gasteiger partial charge is 0.398 e. The lowest BCUT2D eigenvalue weighted by Gasteiger charge is -2.07. The third-order valence-electron chi connectivity index (χ3n) is 2.82. The van der Waals surface area contributed by atoms with Crippen molar-refractivity contribution in [2.24, 2.45) is 0 Å². The Balaban J connectivity index is 1.98. The fourth-order valence-corrected chi connectivity index (χ4v) is 2.13. The van der Waals surface area contributed by atoms with Crippen molar-refractivity contribution in [1.29, 1.82) is 0 Å². The predicted molar refractivity (Wildman–Crippen MR) is 80.2 cm³/mol. The quantitative estimate of drug-likeness (QED) is 0.664. The van der Waals surface area contributed by atoms with E-state index in [0.717, 1.165) is 5.56 Å². The van der Waals surface area contributed by atoms with Gasteiger partial charge in [-0.15, -0.1) is 11.8 Å². The summed E-state index contributed by atoms with van der Waals surface area (Å²) in [6.07, 6.45) is 2.04. The Labute approximate surface area is 117 Å². The fraction of sp³-hybridized carbons (Fsp3) is 0.133. The van der Waals surface area contributed by atoms with E-state index in [1.807, 2.05) is 36.6 Å². The van der Waals surface area contributed by atoms with Gasteiger partial charge in [-0.3, -0.25) is 4.79 Å². The summed E-state index contributed by atoms with van der Waals surface area (Å²) in [5, 5.41) is 2.87. The van der Waals surface area contributed by atoms with Crippen molar-refractivity contribution in [3.63, 3.8) is 0 Å². The third-order valence-corrected chi connectivity index (χ3v) is 3.56. The second kappa shape index (κ2) is 6.29. The zero-order chi connectivity index (χ0) is 13.7. The predicted octanol–water partition coefficient (Wildman–Crippen LogP) is 2.92. The average Bonchev–Trinajstić information content (AvgIpc) is 2.46. The number of thioether (sulfide) groups is 1. The Bertz CT molecular complexity index is 567. The van der Waals surface area contributed by atoms with E-state index in [9.17, 15) is 4.79 Å². The zero-order valence-electron chi connectivity index (χ0n) is 10.7. The maximum absolute atomic E-state index is 12.0. The number of nitrogens with two attached hydrogens (primary N) is 1. The summed E-state index contributed by atoms with van der Waals surface area (Å²) in [7, 11) is 0. The van der Waals surface area contributed by atoms with Crippen LogP contribution in [0.2, 0.25) is 0 Å². The van der Waals surface area contributed by atoms with E-state index in [1.54, 1.807) is 30.0 Å². The van der Waals surface area contributed by atoms with Gasteiger partial charge in [0.05, 0.1) is 5.56 Å². The van der Waals surface area contributed by atoms with Crippen LogP contribution in [-0.4, -0.2) is 12.2 Å².